The van der Waals surface area contributed by atoms with Gasteiger partial charge >= 0.3 is 0 Å². The standard InChI is InChI=1S/C19H23NO2/c1-4-9-15(3)22-18-13-8-6-11-16(18)19(21)20-17-12-7-5-10-14(17)2/h5-8,10-13,15H,4,9H2,1-3H3,(H,20,21)/t15-/m0/s1. The van der Waals surface area contributed by atoms with E-state index in [0.717, 1.165) is 24.1 Å². The lowest BCUT2D eigenvalue weighted by Crippen LogP contribution is -2.17. The van der Waals surface area contributed by atoms with Gasteiger partial charge in [0.15, 0.2) is 0 Å². The lowest BCUT2D eigenvalue weighted by Gasteiger charge is -2.17. The van der Waals surface area contributed by atoms with Crippen LogP contribution in [0, 0.1) is 6.92 Å². The zero-order chi connectivity index (χ0) is 15.9. The van der Waals surface area contributed by atoms with E-state index in [0.29, 0.717) is 11.3 Å². The Morgan fingerprint density at radius 3 is 2.55 bits per heavy atom. The van der Waals surface area contributed by atoms with Crippen LogP contribution >= 0.6 is 0 Å². The number of ether oxygens (including phenoxy) is 1. The van der Waals surface area contributed by atoms with Gasteiger partial charge in [0.05, 0.1) is 11.7 Å². The third-order valence-corrected chi connectivity index (χ3v) is 3.55. The van der Waals surface area contributed by atoms with Crippen molar-refractivity contribution in [2.24, 2.45) is 0 Å². The van der Waals surface area contributed by atoms with Crippen molar-refractivity contribution in [1.82, 2.24) is 0 Å². The molecule has 0 unspecified atom stereocenters. The first-order valence-electron chi connectivity index (χ1n) is 7.74. The molecule has 116 valence electrons. The maximum Gasteiger partial charge on any atom is 0.259 e. The van der Waals surface area contributed by atoms with E-state index in [4.69, 9.17) is 4.74 Å². The van der Waals surface area contributed by atoms with Gasteiger partial charge in [-0.05, 0) is 44.0 Å². The van der Waals surface area contributed by atoms with Gasteiger partial charge in [-0.3, -0.25) is 4.79 Å². The number of carbonyl (C=O) groups excluding carboxylic acids is 1. The minimum absolute atomic E-state index is 0.0948. The molecule has 0 aliphatic carbocycles. The molecule has 2 aromatic rings. The first-order chi connectivity index (χ1) is 10.6. The number of anilines is 1. The van der Waals surface area contributed by atoms with Crippen molar-refractivity contribution in [2.45, 2.75) is 39.7 Å². The average molecular weight is 297 g/mol. The van der Waals surface area contributed by atoms with E-state index in [1.807, 2.05) is 56.3 Å². The van der Waals surface area contributed by atoms with Crippen LogP contribution in [0.5, 0.6) is 5.75 Å². The highest BCUT2D eigenvalue weighted by molar-refractivity contribution is 6.06. The second-order valence-electron chi connectivity index (χ2n) is 5.48. The molecule has 0 aliphatic heterocycles. The number of rotatable bonds is 6. The Morgan fingerprint density at radius 2 is 1.82 bits per heavy atom. The minimum atomic E-state index is -0.145. The van der Waals surface area contributed by atoms with Gasteiger partial charge in [-0.1, -0.05) is 43.7 Å². The minimum Gasteiger partial charge on any atom is -0.490 e. The summed E-state index contributed by atoms with van der Waals surface area (Å²) in [6, 6.07) is 15.1. The molecule has 2 rings (SSSR count). The van der Waals surface area contributed by atoms with E-state index in [2.05, 4.69) is 12.2 Å². The van der Waals surface area contributed by atoms with Crippen LogP contribution in [0.1, 0.15) is 42.6 Å². The summed E-state index contributed by atoms with van der Waals surface area (Å²) in [5.41, 5.74) is 2.42. The molecule has 3 heteroatoms. The van der Waals surface area contributed by atoms with E-state index in [1.54, 1.807) is 6.07 Å². The highest BCUT2D eigenvalue weighted by atomic mass is 16.5. The van der Waals surface area contributed by atoms with Crippen molar-refractivity contribution in [3.63, 3.8) is 0 Å². The maximum atomic E-state index is 12.5. The summed E-state index contributed by atoms with van der Waals surface area (Å²) >= 11 is 0. The summed E-state index contributed by atoms with van der Waals surface area (Å²) in [5.74, 6) is 0.489. The fraction of sp³-hybridized carbons (Fsp3) is 0.316. The number of carbonyl (C=O) groups is 1. The molecule has 0 heterocycles. The van der Waals surface area contributed by atoms with Crippen LogP contribution in [0.3, 0.4) is 0 Å². The van der Waals surface area contributed by atoms with Crippen LogP contribution in [-0.4, -0.2) is 12.0 Å². The smallest absolute Gasteiger partial charge is 0.259 e. The number of hydrogen-bond donors (Lipinski definition) is 1. The molecule has 0 aromatic heterocycles. The molecule has 0 saturated heterocycles. The fourth-order valence-electron chi connectivity index (χ4n) is 2.34. The molecule has 1 atom stereocenters. The molecule has 22 heavy (non-hydrogen) atoms. The molecule has 0 fully saturated rings. The van der Waals surface area contributed by atoms with Gasteiger partial charge in [0.1, 0.15) is 5.75 Å². The quantitative estimate of drug-likeness (QED) is 0.830. The normalized spacial score (nSPS) is 11.8. The number of amides is 1. The molecule has 0 bridgehead atoms. The summed E-state index contributed by atoms with van der Waals surface area (Å²) in [6.45, 7) is 6.12. The summed E-state index contributed by atoms with van der Waals surface area (Å²) < 4.78 is 5.91. The Balaban J connectivity index is 2.18. The summed E-state index contributed by atoms with van der Waals surface area (Å²) in [7, 11) is 0. The maximum absolute atomic E-state index is 12.5. The average Bonchev–Trinajstić information content (AvgIpc) is 2.50. The summed E-state index contributed by atoms with van der Waals surface area (Å²) in [5, 5.41) is 2.95. The van der Waals surface area contributed by atoms with Crippen molar-refractivity contribution in [2.75, 3.05) is 5.32 Å². The molecule has 0 aliphatic rings. The van der Waals surface area contributed by atoms with Gasteiger partial charge in [-0.2, -0.15) is 0 Å². The number of aryl methyl sites for hydroxylation is 1. The van der Waals surface area contributed by atoms with Gasteiger partial charge in [-0.15, -0.1) is 0 Å². The van der Waals surface area contributed by atoms with Crippen LogP contribution in [-0.2, 0) is 0 Å². The third kappa shape index (κ3) is 4.10. The predicted octanol–water partition coefficient (Wildman–Crippen LogP) is 4.81. The van der Waals surface area contributed by atoms with Crippen LogP contribution in [0.15, 0.2) is 48.5 Å². The van der Waals surface area contributed by atoms with Crippen molar-refractivity contribution < 1.29 is 9.53 Å². The van der Waals surface area contributed by atoms with Gasteiger partial charge in [-0.25, -0.2) is 0 Å². The van der Waals surface area contributed by atoms with Crippen LogP contribution < -0.4 is 10.1 Å². The second-order valence-corrected chi connectivity index (χ2v) is 5.48. The highest BCUT2D eigenvalue weighted by Gasteiger charge is 2.14. The number of benzene rings is 2. The largest absolute Gasteiger partial charge is 0.490 e. The van der Waals surface area contributed by atoms with Crippen molar-refractivity contribution in [3.05, 3.63) is 59.7 Å². The first-order valence-corrected chi connectivity index (χ1v) is 7.74. The SMILES string of the molecule is CCC[C@H](C)Oc1ccccc1C(=O)Nc1ccccc1C. The topological polar surface area (TPSA) is 38.3 Å². The van der Waals surface area contributed by atoms with E-state index >= 15 is 0 Å². The van der Waals surface area contributed by atoms with Gasteiger partial charge in [0.25, 0.3) is 5.91 Å². The Kier molecular flexibility index (Phi) is 5.59. The second kappa shape index (κ2) is 7.64. The highest BCUT2D eigenvalue weighted by Crippen LogP contribution is 2.22. The van der Waals surface area contributed by atoms with Crippen LogP contribution in [0.2, 0.25) is 0 Å². The fourth-order valence-corrected chi connectivity index (χ4v) is 2.34. The monoisotopic (exact) mass is 297 g/mol. The lowest BCUT2D eigenvalue weighted by molar-refractivity contribution is 0.102. The van der Waals surface area contributed by atoms with Gasteiger partial charge in [0.2, 0.25) is 0 Å². The van der Waals surface area contributed by atoms with E-state index in [9.17, 15) is 4.79 Å². The van der Waals surface area contributed by atoms with Gasteiger partial charge in [0, 0.05) is 5.69 Å². The Morgan fingerprint density at radius 1 is 1.14 bits per heavy atom. The molecular formula is C19H23NO2. The number of hydrogen-bond acceptors (Lipinski definition) is 2. The molecule has 2 aromatic carbocycles. The molecule has 0 spiro atoms. The Hall–Kier alpha value is -2.29. The summed E-state index contributed by atoms with van der Waals surface area (Å²) in [6.07, 6.45) is 2.12. The van der Waals surface area contributed by atoms with E-state index in [-0.39, 0.29) is 12.0 Å². The lowest BCUT2D eigenvalue weighted by atomic mass is 10.1. The molecule has 0 saturated carbocycles. The Labute approximate surface area is 132 Å². The molecular weight excluding hydrogens is 274 g/mol. The Bertz CT molecular complexity index is 637. The van der Waals surface area contributed by atoms with Crippen LogP contribution in [0.25, 0.3) is 0 Å². The van der Waals surface area contributed by atoms with E-state index in [1.165, 1.54) is 0 Å². The predicted molar refractivity (Wildman–Crippen MR) is 90.6 cm³/mol. The molecule has 1 amide bonds. The van der Waals surface area contributed by atoms with E-state index < -0.39 is 0 Å². The van der Waals surface area contributed by atoms with Gasteiger partial charge < -0.3 is 10.1 Å². The molecule has 0 radical (unpaired) electrons. The van der Waals surface area contributed by atoms with Crippen LogP contribution in [0.4, 0.5) is 5.69 Å². The number of para-hydroxylation sites is 2. The zero-order valence-electron chi connectivity index (χ0n) is 13.4. The van der Waals surface area contributed by atoms with Crippen molar-refractivity contribution in [3.8, 4) is 5.75 Å². The zero-order valence-corrected chi connectivity index (χ0v) is 13.4. The molecule has 1 N–H and O–H groups in total. The van der Waals surface area contributed by atoms with Crippen molar-refractivity contribution >= 4 is 11.6 Å². The summed E-state index contributed by atoms with van der Waals surface area (Å²) in [4.78, 5) is 12.5. The first kappa shape index (κ1) is 16.1. The molecule has 3 nitrogen and oxygen atoms in total. The van der Waals surface area contributed by atoms with Crippen molar-refractivity contribution in [1.29, 1.82) is 0 Å². The number of nitrogens with one attached hydrogen (secondary N) is 1. The third-order valence-electron chi connectivity index (χ3n) is 3.55.